The monoisotopic (exact) mass is 225 g/mol. The van der Waals surface area contributed by atoms with Crippen LogP contribution in [0.25, 0.3) is 0 Å². The van der Waals surface area contributed by atoms with Gasteiger partial charge in [0.05, 0.1) is 19.3 Å². The zero-order chi connectivity index (χ0) is 11.5. The Morgan fingerprint density at radius 3 is 2.69 bits per heavy atom. The van der Waals surface area contributed by atoms with E-state index in [0.29, 0.717) is 18.8 Å². The average molecular weight is 225 g/mol. The molecule has 0 aliphatic carbocycles. The number of benzene rings is 1. The summed E-state index contributed by atoms with van der Waals surface area (Å²) in [4.78, 5) is 2.12. The molecule has 1 aromatic carbocycles. The first-order chi connectivity index (χ1) is 7.68. The fourth-order valence-corrected chi connectivity index (χ4v) is 1.95. The van der Waals surface area contributed by atoms with Crippen molar-refractivity contribution < 1.29 is 14.2 Å². The standard InChI is InChI=1S/C12H16FNO2/c1-9(15)11-8-10(13)2-3-12(11)14-4-6-16-7-5-14/h2-3,8-9,15H,4-7H2,1H3. The summed E-state index contributed by atoms with van der Waals surface area (Å²) in [5.41, 5.74) is 1.54. The molecule has 0 aromatic heterocycles. The molecule has 0 spiro atoms. The lowest BCUT2D eigenvalue weighted by molar-refractivity contribution is 0.122. The Balaban J connectivity index is 2.31. The Kier molecular flexibility index (Phi) is 3.41. The molecule has 0 bridgehead atoms. The van der Waals surface area contributed by atoms with Crippen molar-refractivity contribution in [2.75, 3.05) is 31.2 Å². The molecule has 1 aliphatic rings. The van der Waals surface area contributed by atoms with E-state index in [0.717, 1.165) is 18.8 Å². The van der Waals surface area contributed by atoms with Gasteiger partial charge in [-0.2, -0.15) is 0 Å². The molecule has 1 aliphatic heterocycles. The minimum atomic E-state index is -0.659. The number of hydrogen-bond acceptors (Lipinski definition) is 3. The highest BCUT2D eigenvalue weighted by molar-refractivity contribution is 5.55. The zero-order valence-corrected chi connectivity index (χ0v) is 9.32. The normalized spacial score (nSPS) is 18.6. The Hall–Kier alpha value is -1.13. The van der Waals surface area contributed by atoms with Crippen LogP contribution in [0.2, 0.25) is 0 Å². The minimum Gasteiger partial charge on any atom is -0.389 e. The fraction of sp³-hybridized carbons (Fsp3) is 0.500. The molecule has 1 atom stereocenters. The summed E-state index contributed by atoms with van der Waals surface area (Å²) < 4.78 is 18.4. The van der Waals surface area contributed by atoms with Gasteiger partial charge in [-0.15, -0.1) is 0 Å². The third kappa shape index (κ3) is 2.33. The zero-order valence-electron chi connectivity index (χ0n) is 9.32. The quantitative estimate of drug-likeness (QED) is 0.831. The summed E-state index contributed by atoms with van der Waals surface area (Å²) in [6.07, 6.45) is -0.659. The van der Waals surface area contributed by atoms with Gasteiger partial charge in [0.1, 0.15) is 5.82 Å². The molecule has 0 radical (unpaired) electrons. The summed E-state index contributed by atoms with van der Waals surface area (Å²) in [6, 6.07) is 4.55. The summed E-state index contributed by atoms with van der Waals surface area (Å²) in [5, 5.41) is 9.64. The molecule has 2 rings (SSSR count). The molecular formula is C12H16FNO2. The highest BCUT2D eigenvalue weighted by Gasteiger charge is 2.17. The van der Waals surface area contributed by atoms with Gasteiger partial charge in [-0.25, -0.2) is 4.39 Å². The number of aliphatic hydroxyl groups is 1. The van der Waals surface area contributed by atoms with E-state index in [1.54, 1.807) is 13.0 Å². The van der Waals surface area contributed by atoms with Crippen molar-refractivity contribution in [2.24, 2.45) is 0 Å². The number of ether oxygens (including phenoxy) is 1. The Labute approximate surface area is 94.4 Å². The van der Waals surface area contributed by atoms with Gasteiger partial charge in [0.2, 0.25) is 0 Å². The van der Waals surface area contributed by atoms with Gasteiger partial charge in [-0.3, -0.25) is 0 Å². The van der Waals surface area contributed by atoms with E-state index < -0.39 is 6.10 Å². The van der Waals surface area contributed by atoms with Crippen LogP contribution in [0.4, 0.5) is 10.1 Å². The van der Waals surface area contributed by atoms with Gasteiger partial charge in [-0.05, 0) is 25.1 Å². The van der Waals surface area contributed by atoms with Crippen LogP contribution in [-0.2, 0) is 4.74 Å². The number of halogens is 1. The number of morpholine rings is 1. The van der Waals surface area contributed by atoms with Gasteiger partial charge in [-0.1, -0.05) is 0 Å². The first-order valence-corrected chi connectivity index (χ1v) is 5.48. The Morgan fingerprint density at radius 1 is 1.38 bits per heavy atom. The van der Waals surface area contributed by atoms with Crippen molar-refractivity contribution >= 4 is 5.69 Å². The molecule has 0 amide bonds. The van der Waals surface area contributed by atoms with E-state index in [-0.39, 0.29) is 5.82 Å². The van der Waals surface area contributed by atoms with E-state index in [2.05, 4.69) is 4.90 Å². The largest absolute Gasteiger partial charge is 0.389 e. The van der Waals surface area contributed by atoms with Crippen LogP contribution in [0.5, 0.6) is 0 Å². The highest BCUT2D eigenvalue weighted by atomic mass is 19.1. The van der Waals surface area contributed by atoms with Crippen LogP contribution in [0.3, 0.4) is 0 Å². The number of rotatable bonds is 2. The summed E-state index contributed by atoms with van der Waals surface area (Å²) in [6.45, 7) is 4.57. The van der Waals surface area contributed by atoms with Gasteiger partial charge < -0.3 is 14.7 Å². The molecule has 16 heavy (non-hydrogen) atoms. The summed E-state index contributed by atoms with van der Waals surface area (Å²) >= 11 is 0. The Bertz CT molecular complexity index is 362. The molecule has 4 heteroatoms. The molecule has 3 nitrogen and oxygen atoms in total. The predicted octanol–water partition coefficient (Wildman–Crippen LogP) is 1.72. The Morgan fingerprint density at radius 2 is 2.06 bits per heavy atom. The first kappa shape index (κ1) is 11.4. The van der Waals surface area contributed by atoms with Crippen molar-refractivity contribution in [1.82, 2.24) is 0 Å². The van der Waals surface area contributed by atoms with Gasteiger partial charge in [0.25, 0.3) is 0 Å². The maximum absolute atomic E-state index is 13.1. The maximum atomic E-state index is 13.1. The van der Waals surface area contributed by atoms with E-state index >= 15 is 0 Å². The SMILES string of the molecule is CC(O)c1cc(F)ccc1N1CCOCC1. The van der Waals surface area contributed by atoms with Gasteiger partial charge >= 0.3 is 0 Å². The van der Waals surface area contributed by atoms with Crippen molar-refractivity contribution in [1.29, 1.82) is 0 Å². The second kappa shape index (κ2) is 4.80. The first-order valence-electron chi connectivity index (χ1n) is 5.48. The van der Waals surface area contributed by atoms with Crippen molar-refractivity contribution in [3.63, 3.8) is 0 Å². The second-order valence-electron chi connectivity index (χ2n) is 3.98. The smallest absolute Gasteiger partial charge is 0.123 e. The fourth-order valence-electron chi connectivity index (χ4n) is 1.95. The lowest BCUT2D eigenvalue weighted by Crippen LogP contribution is -2.36. The predicted molar refractivity (Wildman–Crippen MR) is 60.1 cm³/mol. The number of aliphatic hydroxyl groups excluding tert-OH is 1. The van der Waals surface area contributed by atoms with E-state index in [1.165, 1.54) is 12.1 Å². The van der Waals surface area contributed by atoms with Crippen LogP contribution in [0.15, 0.2) is 18.2 Å². The highest BCUT2D eigenvalue weighted by Crippen LogP contribution is 2.27. The minimum absolute atomic E-state index is 0.312. The lowest BCUT2D eigenvalue weighted by Gasteiger charge is -2.31. The third-order valence-electron chi connectivity index (χ3n) is 2.79. The summed E-state index contributed by atoms with van der Waals surface area (Å²) in [7, 11) is 0. The molecule has 1 N–H and O–H groups in total. The number of hydrogen-bond donors (Lipinski definition) is 1. The molecule has 88 valence electrons. The van der Waals surface area contributed by atoms with Crippen molar-refractivity contribution in [2.45, 2.75) is 13.0 Å². The molecular weight excluding hydrogens is 209 g/mol. The van der Waals surface area contributed by atoms with Crippen LogP contribution in [0.1, 0.15) is 18.6 Å². The van der Waals surface area contributed by atoms with Gasteiger partial charge in [0.15, 0.2) is 0 Å². The molecule has 1 fully saturated rings. The van der Waals surface area contributed by atoms with Gasteiger partial charge in [0, 0.05) is 24.3 Å². The van der Waals surface area contributed by atoms with E-state index in [9.17, 15) is 9.50 Å². The number of nitrogens with zero attached hydrogens (tertiary/aromatic N) is 1. The molecule has 1 unspecified atom stereocenters. The summed E-state index contributed by atoms with van der Waals surface area (Å²) in [5.74, 6) is -0.312. The average Bonchev–Trinajstić information content (AvgIpc) is 2.30. The molecule has 0 saturated carbocycles. The molecule has 1 saturated heterocycles. The number of anilines is 1. The van der Waals surface area contributed by atoms with Crippen molar-refractivity contribution in [3.8, 4) is 0 Å². The third-order valence-corrected chi connectivity index (χ3v) is 2.79. The van der Waals surface area contributed by atoms with Crippen LogP contribution >= 0.6 is 0 Å². The van der Waals surface area contributed by atoms with Crippen LogP contribution in [0, 0.1) is 5.82 Å². The molecule has 1 heterocycles. The van der Waals surface area contributed by atoms with E-state index in [4.69, 9.17) is 4.74 Å². The van der Waals surface area contributed by atoms with Crippen LogP contribution in [-0.4, -0.2) is 31.4 Å². The topological polar surface area (TPSA) is 32.7 Å². The molecule has 1 aromatic rings. The lowest BCUT2D eigenvalue weighted by atomic mass is 10.1. The van der Waals surface area contributed by atoms with E-state index in [1.807, 2.05) is 0 Å². The van der Waals surface area contributed by atoms with Crippen LogP contribution < -0.4 is 4.90 Å². The van der Waals surface area contributed by atoms with Crippen molar-refractivity contribution in [3.05, 3.63) is 29.6 Å². The maximum Gasteiger partial charge on any atom is 0.123 e. The second-order valence-corrected chi connectivity index (χ2v) is 3.98.